The van der Waals surface area contributed by atoms with Crippen molar-refractivity contribution in [2.75, 3.05) is 0 Å². The lowest BCUT2D eigenvalue weighted by Crippen LogP contribution is -2.28. The summed E-state index contributed by atoms with van der Waals surface area (Å²) in [6, 6.07) is 5.68. The van der Waals surface area contributed by atoms with Crippen molar-refractivity contribution in [3.8, 4) is 11.3 Å². The minimum atomic E-state index is -4.67. The summed E-state index contributed by atoms with van der Waals surface area (Å²) in [5.74, 6) is -0.721. The number of hydrogen-bond donors (Lipinski definition) is 1. The predicted octanol–water partition coefficient (Wildman–Crippen LogP) is 4.33. The average molecular weight is 455 g/mol. The normalized spacial score (nSPS) is 16.2. The first-order chi connectivity index (χ1) is 14.9. The van der Waals surface area contributed by atoms with Crippen LogP contribution in [0.4, 0.5) is 26.3 Å². The lowest BCUT2D eigenvalue weighted by Gasteiger charge is -2.14. The Kier molecular flexibility index (Phi) is 5.18. The molecule has 1 atom stereocenters. The molecule has 1 aliphatic carbocycles. The molecule has 0 aromatic carbocycles. The standard InChI is InChI=1S/C20H15F6N5O/c1-31-15(9-17(30-31)20(24,25)26)18(32)29-14-5-4-13-11(14)2-3-12(28-13)10-6-7-27-16(8-10)19(21,22)23/h2-3,6-9,14H,4-5H2,1H3,(H,29,32). The van der Waals surface area contributed by atoms with Crippen LogP contribution in [0, 0.1) is 0 Å². The maximum atomic E-state index is 12.9. The third-order valence-electron chi connectivity index (χ3n) is 5.11. The maximum Gasteiger partial charge on any atom is 0.435 e. The number of rotatable bonds is 3. The first kappa shape index (κ1) is 21.8. The van der Waals surface area contributed by atoms with Gasteiger partial charge in [0.15, 0.2) is 5.69 Å². The first-order valence-corrected chi connectivity index (χ1v) is 9.39. The fourth-order valence-corrected chi connectivity index (χ4v) is 3.57. The van der Waals surface area contributed by atoms with Crippen LogP contribution >= 0.6 is 0 Å². The monoisotopic (exact) mass is 455 g/mol. The number of aryl methyl sites for hydroxylation is 2. The molecule has 3 aromatic rings. The number of fused-ring (bicyclic) bond motifs is 1. The molecule has 1 N–H and O–H groups in total. The van der Waals surface area contributed by atoms with Gasteiger partial charge in [-0.1, -0.05) is 6.07 Å². The number of nitrogens with zero attached hydrogens (tertiary/aromatic N) is 4. The van der Waals surface area contributed by atoms with Gasteiger partial charge in [0.25, 0.3) is 5.91 Å². The zero-order valence-electron chi connectivity index (χ0n) is 16.4. The maximum absolute atomic E-state index is 12.9. The van der Waals surface area contributed by atoms with E-state index in [4.69, 9.17) is 0 Å². The molecular weight excluding hydrogens is 440 g/mol. The molecule has 0 spiro atoms. The molecular formula is C20H15F6N5O. The van der Waals surface area contributed by atoms with Gasteiger partial charge in [-0.05, 0) is 36.6 Å². The van der Waals surface area contributed by atoms with Crippen molar-refractivity contribution in [3.63, 3.8) is 0 Å². The third-order valence-corrected chi connectivity index (χ3v) is 5.11. The van der Waals surface area contributed by atoms with Gasteiger partial charge in [-0.2, -0.15) is 31.4 Å². The molecule has 0 fully saturated rings. The second-order valence-corrected chi connectivity index (χ2v) is 7.26. The zero-order valence-corrected chi connectivity index (χ0v) is 16.4. The Balaban J connectivity index is 1.55. The number of hydrogen-bond acceptors (Lipinski definition) is 4. The molecule has 0 aliphatic heterocycles. The number of carbonyl (C=O) groups is 1. The molecule has 3 heterocycles. The van der Waals surface area contributed by atoms with Gasteiger partial charge < -0.3 is 5.32 Å². The van der Waals surface area contributed by atoms with Gasteiger partial charge in [-0.15, -0.1) is 0 Å². The van der Waals surface area contributed by atoms with Crippen molar-refractivity contribution < 1.29 is 31.1 Å². The van der Waals surface area contributed by atoms with E-state index in [2.05, 4.69) is 20.4 Å². The van der Waals surface area contributed by atoms with Gasteiger partial charge in [0, 0.05) is 30.6 Å². The van der Waals surface area contributed by atoms with Crippen molar-refractivity contribution in [2.24, 2.45) is 7.05 Å². The lowest BCUT2D eigenvalue weighted by atomic mass is 10.1. The van der Waals surface area contributed by atoms with Crippen LogP contribution in [0.3, 0.4) is 0 Å². The van der Waals surface area contributed by atoms with E-state index in [0.717, 1.165) is 16.9 Å². The molecule has 3 aromatic heterocycles. The van der Waals surface area contributed by atoms with Crippen LogP contribution < -0.4 is 5.32 Å². The van der Waals surface area contributed by atoms with E-state index < -0.39 is 35.7 Å². The molecule has 1 unspecified atom stereocenters. The highest BCUT2D eigenvalue weighted by molar-refractivity contribution is 5.93. The molecule has 0 saturated carbocycles. The van der Waals surface area contributed by atoms with Gasteiger partial charge in [0.2, 0.25) is 0 Å². The number of amides is 1. The summed E-state index contributed by atoms with van der Waals surface area (Å²) in [4.78, 5) is 20.3. The third kappa shape index (κ3) is 4.16. The van der Waals surface area contributed by atoms with Gasteiger partial charge >= 0.3 is 12.4 Å². The fraction of sp³-hybridized carbons (Fsp3) is 0.300. The molecule has 0 bridgehead atoms. The Labute approximate surface area is 177 Å². The van der Waals surface area contributed by atoms with Crippen LogP contribution in [-0.2, 0) is 25.8 Å². The molecule has 4 rings (SSSR count). The molecule has 1 aliphatic rings. The summed E-state index contributed by atoms with van der Waals surface area (Å²) >= 11 is 0. The second kappa shape index (κ2) is 7.61. The SMILES string of the molecule is Cn1nc(C(F)(F)F)cc1C(=O)NC1CCc2nc(-c3ccnc(C(F)(F)F)c3)ccc21. The first-order valence-electron chi connectivity index (χ1n) is 9.39. The van der Waals surface area contributed by atoms with Crippen LogP contribution in [0.1, 0.15) is 45.6 Å². The highest BCUT2D eigenvalue weighted by Crippen LogP contribution is 2.34. The van der Waals surface area contributed by atoms with Crippen LogP contribution in [0.5, 0.6) is 0 Å². The van der Waals surface area contributed by atoms with E-state index in [-0.39, 0.29) is 11.3 Å². The Bertz CT molecular complexity index is 1180. The van der Waals surface area contributed by atoms with Gasteiger partial charge in [-0.25, -0.2) is 0 Å². The smallest absolute Gasteiger partial charge is 0.344 e. The summed E-state index contributed by atoms with van der Waals surface area (Å²) in [6.45, 7) is 0. The number of carbonyl (C=O) groups excluding carboxylic acids is 1. The van der Waals surface area contributed by atoms with Crippen molar-refractivity contribution in [1.29, 1.82) is 0 Å². The number of pyridine rings is 2. The number of halogens is 6. The Morgan fingerprint density at radius 1 is 1.06 bits per heavy atom. The highest BCUT2D eigenvalue weighted by atomic mass is 19.4. The molecule has 12 heteroatoms. The predicted molar refractivity (Wildman–Crippen MR) is 99.2 cm³/mol. The van der Waals surface area contributed by atoms with E-state index in [9.17, 15) is 31.1 Å². The fourth-order valence-electron chi connectivity index (χ4n) is 3.57. The van der Waals surface area contributed by atoms with Crippen molar-refractivity contribution in [1.82, 2.24) is 25.1 Å². The topological polar surface area (TPSA) is 72.7 Å². The van der Waals surface area contributed by atoms with E-state index in [0.29, 0.717) is 35.9 Å². The van der Waals surface area contributed by atoms with Gasteiger partial charge in [-0.3, -0.25) is 19.4 Å². The second-order valence-electron chi connectivity index (χ2n) is 7.26. The van der Waals surface area contributed by atoms with Crippen molar-refractivity contribution in [2.45, 2.75) is 31.2 Å². The Hall–Kier alpha value is -3.44. The van der Waals surface area contributed by atoms with E-state index in [1.165, 1.54) is 19.2 Å². The lowest BCUT2D eigenvalue weighted by molar-refractivity contribution is -0.142. The van der Waals surface area contributed by atoms with Gasteiger partial charge in [0.05, 0.1) is 11.7 Å². The molecule has 1 amide bonds. The number of aromatic nitrogens is 4. The largest absolute Gasteiger partial charge is 0.435 e. The summed E-state index contributed by atoms with van der Waals surface area (Å²) in [5.41, 5.74) is -0.616. The van der Waals surface area contributed by atoms with Crippen LogP contribution in [0.2, 0.25) is 0 Å². The molecule has 0 saturated heterocycles. The van der Waals surface area contributed by atoms with Crippen LogP contribution in [0.15, 0.2) is 36.5 Å². The highest BCUT2D eigenvalue weighted by Gasteiger charge is 2.36. The van der Waals surface area contributed by atoms with Crippen molar-refractivity contribution in [3.05, 3.63) is 64.9 Å². The summed E-state index contributed by atoms with van der Waals surface area (Å²) < 4.78 is 78.1. The minimum Gasteiger partial charge on any atom is -0.344 e. The summed E-state index contributed by atoms with van der Waals surface area (Å²) in [7, 11) is 1.24. The van der Waals surface area contributed by atoms with E-state index in [1.807, 2.05) is 0 Å². The Morgan fingerprint density at radius 3 is 2.44 bits per heavy atom. The molecule has 0 radical (unpaired) electrons. The van der Waals surface area contributed by atoms with Gasteiger partial charge in [0.1, 0.15) is 11.4 Å². The molecule has 6 nitrogen and oxygen atoms in total. The summed E-state index contributed by atoms with van der Waals surface area (Å²) in [6.07, 6.45) is -7.30. The zero-order chi connectivity index (χ0) is 23.3. The quantitative estimate of drug-likeness (QED) is 0.597. The van der Waals surface area contributed by atoms with E-state index in [1.54, 1.807) is 6.07 Å². The molecule has 32 heavy (non-hydrogen) atoms. The number of alkyl halides is 6. The van der Waals surface area contributed by atoms with Crippen LogP contribution in [-0.4, -0.2) is 25.7 Å². The average Bonchev–Trinajstić information content (AvgIpc) is 3.30. The Morgan fingerprint density at radius 2 is 1.78 bits per heavy atom. The number of nitrogens with one attached hydrogen (secondary N) is 1. The van der Waals surface area contributed by atoms with Crippen LogP contribution in [0.25, 0.3) is 11.3 Å². The summed E-state index contributed by atoms with van der Waals surface area (Å²) in [5, 5.41) is 6.00. The minimum absolute atomic E-state index is 0.244. The molecule has 168 valence electrons. The van der Waals surface area contributed by atoms with E-state index >= 15 is 0 Å². The van der Waals surface area contributed by atoms with Crippen molar-refractivity contribution >= 4 is 5.91 Å².